The molecule has 0 amide bonds. The van der Waals surface area contributed by atoms with Crippen LogP contribution in [0, 0.1) is 0 Å². The topological polar surface area (TPSA) is 0 Å². The molecule has 0 bridgehead atoms. The maximum atomic E-state index is 3.66. The molecular weight excluding hydrogens is 452 g/mol. The Morgan fingerprint density at radius 1 is 0.867 bits per heavy atom. The van der Waals surface area contributed by atoms with Crippen LogP contribution in [0.2, 0.25) is 0 Å². The smallest absolute Gasteiger partial charge is 0.0366 e. The molecule has 0 saturated carbocycles. The fourth-order valence-electron chi connectivity index (χ4n) is 1.51. The summed E-state index contributed by atoms with van der Waals surface area (Å²) in [6.45, 7) is 6.53. The minimum Gasteiger partial charge on any atom is -0.0612 e. The standard InChI is InChI=1S/C11H12Br4/c1-4-6-8(12)10(14)7(5(2)3)11(15)9(6)13/h5H,4H2,1-3H3. The van der Waals surface area contributed by atoms with Gasteiger partial charge in [0.05, 0.1) is 0 Å². The van der Waals surface area contributed by atoms with E-state index in [1.165, 1.54) is 11.1 Å². The van der Waals surface area contributed by atoms with Crippen LogP contribution in [0.4, 0.5) is 0 Å². The summed E-state index contributed by atoms with van der Waals surface area (Å²) in [5, 5.41) is 0. The first-order chi connectivity index (χ1) is 6.91. The van der Waals surface area contributed by atoms with Crippen molar-refractivity contribution in [3.63, 3.8) is 0 Å². The zero-order valence-electron chi connectivity index (χ0n) is 8.80. The van der Waals surface area contributed by atoms with Gasteiger partial charge in [-0.3, -0.25) is 0 Å². The highest BCUT2D eigenvalue weighted by molar-refractivity contribution is 9.14. The lowest BCUT2D eigenvalue weighted by molar-refractivity contribution is 0.848. The fraction of sp³-hybridized carbons (Fsp3) is 0.455. The molecular formula is C11H12Br4. The summed E-state index contributed by atoms with van der Waals surface area (Å²) in [4.78, 5) is 0. The summed E-state index contributed by atoms with van der Waals surface area (Å²) in [5.74, 6) is 0.479. The van der Waals surface area contributed by atoms with Gasteiger partial charge in [-0.15, -0.1) is 0 Å². The highest BCUT2D eigenvalue weighted by Crippen LogP contribution is 2.44. The van der Waals surface area contributed by atoms with E-state index < -0.39 is 0 Å². The monoisotopic (exact) mass is 460 g/mol. The van der Waals surface area contributed by atoms with Crippen molar-refractivity contribution in [2.24, 2.45) is 0 Å². The molecule has 0 aliphatic carbocycles. The van der Waals surface area contributed by atoms with E-state index >= 15 is 0 Å². The molecule has 1 rings (SSSR count). The molecule has 1 aromatic rings. The van der Waals surface area contributed by atoms with E-state index in [1.54, 1.807) is 0 Å². The summed E-state index contributed by atoms with van der Waals surface area (Å²) in [5.41, 5.74) is 2.59. The Labute approximate surface area is 125 Å². The van der Waals surface area contributed by atoms with Crippen molar-refractivity contribution in [3.8, 4) is 0 Å². The van der Waals surface area contributed by atoms with Gasteiger partial charge in [0.1, 0.15) is 0 Å². The lowest BCUT2D eigenvalue weighted by Gasteiger charge is -2.18. The van der Waals surface area contributed by atoms with Gasteiger partial charge in [-0.25, -0.2) is 0 Å². The van der Waals surface area contributed by atoms with Crippen molar-refractivity contribution in [3.05, 3.63) is 29.0 Å². The Hall–Kier alpha value is 1.14. The first-order valence-corrected chi connectivity index (χ1v) is 7.93. The SMILES string of the molecule is CCc1c(Br)c(Br)c(C(C)C)c(Br)c1Br. The Kier molecular flexibility index (Phi) is 5.35. The van der Waals surface area contributed by atoms with E-state index in [-0.39, 0.29) is 0 Å². The predicted molar refractivity (Wildman–Crippen MR) is 80.7 cm³/mol. The normalized spacial score (nSPS) is 11.2. The van der Waals surface area contributed by atoms with Crippen LogP contribution in [0.15, 0.2) is 17.9 Å². The van der Waals surface area contributed by atoms with Crippen LogP contribution in [0.5, 0.6) is 0 Å². The molecule has 0 nitrogen and oxygen atoms in total. The molecule has 0 unspecified atom stereocenters. The molecule has 0 heterocycles. The van der Waals surface area contributed by atoms with Gasteiger partial charge in [0, 0.05) is 17.9 Å². The third-order valence-corrected chi connectivity index (χ3v) is 6.78. The lowest BCUT2D eigenvalue weighted by atomic mass is 10.0. The van der Waals surface area contributed by atoms with Gasteiger partial charge < -0.3 is 0 Å². The van der Waals surface area contributed by atoms with Crippen LogP contribution in [0.25, 0.3) is 0 Å². The molecule has 4 heteroatoms. The van der Waals surface area contributed by atoms with E-state index in [9.17, 15) is 0 Å². The van der Waals surface area contributed by atoms with Crippen molar-refractivity contribution >= 4 is 63.7 Å². The first kappa shape index (κ1) is 14.2. The van der Waals surface area contributed by atoms with Crippen LogP contribution in [-0.4, -0.2) is 0 Å². The molecule has 1 aromatic carbocycles. The zero-order valence-corrected chi connectivity index (χ0v) is 15.1. The minimum atomic E-state index is 0.479. The first-order valence-electron chi connectivity index (χ1n) is 4.76. The Balaban J connectivity index is 3.59. The van der Waals surface area contributed by atoms with E-state index in [0.29, 0.717) is 5.92 Å². The van der Waals surface area contributed by atoms with Crippen molar-refractivity contribution in [2.45, 2.75) is 33.1 Å². The van der Waals surface area contributed by atoms with E-state index in [2.05, 4.69) is 84.5 Å². The van der Waals surface area contributed by atoms with Crippen LogP contribution >= 0.6 is 63.7 Å². The average Bonchev–Trinajstić information content (AvgIpc) is 2.16. The summed E-state index contributed by atoms with van der Waals surface area (Å²) < 4.78 is 4.63. The second kappa shape index (κ2) is 5.65. The number of benzene rings is 1. The number of halogens is 4. The van der Waals surface area contributed by atoms with Crippen LogP contribution in [-0.2, 0) is 6.42 Å². The van der Waals surface area contributed by atoms with Crippen LogP contribution in [0.1, 0.15) is 37.8 Å². The maximum absolute atomic E-state index is 3.66. The summed E-state index contributed by atoms with van der Waals surface area (Å²) in [7, 11) is 0. The zero-order chi connectivity index (χ0) is 11.7. The third kappa shape index (κ3) is 2.70. The van der Waals surface area contributed by atoms with E-state index in [0.717, 1.165) is 24.3 Å². The van der Waals surface area contributed by atoms with Gasteiger partial charge in [0.2, 0.25) is 0 Å². The highest BCUT2D eigenvalue weighted by Gasteiger charge is 2.19. The number of hydrogen-bond donors (Lipinski definition) is 0. The van der Waals surface area contributed by atoms with Crippen molar-refractivity contribution in [2.75, 3.05) is 0 Å². The van der Waals surface area contributed by atoms with Gasteiger partial charge in [0.25, 0.3) is 0 Å². The molecule has 0 aliphatic rings. The van der Waals surface area contributed by atoms with Gasteiger partial charge in [-0.05, 0) is 87.2 Å². The molecule has 84 valence electrons. The predicted octanol–water partition coefficient (Wildman–Crippen LogP) is 6.42. The summed E-state index contributed by atoms with van der Waals surface area (Å²) in [6.07, 6.45) is 0.997. The third-order valence-electron chi connectivity index (χ3n) is 2.32. The summed E-state index contributed by atoms with van der Waals surface area (Å²) >= 11 is 14.6. The molecule has 0 fully saturated rings. The Morgan fingerprint density at radius 2 is 1.27 bits per heavy atom. The molecule has 0 atom stereocenters. The Morgan fingerprint density at radius 3 is 1.53 bits per heavy atom. The Bertz CT molecular complexity index is 354. The second-order valence-electron chi connectivity index (χ2n) is 3.66. The molecule has 0 N–H and O–H groups in total. The molecule has 0 aliphatic heterocycles. The van der Waals surface area contributed by atoms with Crippen molar-refractivity contribution in [1.29, 1.82) is 0 Å². The molecule has 0 spiro atoms. The average molecular weight is 464 g/mol. The molecule has 0 saturated heterocycles. The molecule has 15 heavy (non-hydrogen) atoms. The number of hydrogen-bond acceptors (Lipinski definition) is 0. The highest BCUT2D eigenvalue weighted by atomic mass is 79.9. The maximum Gasteiger partial charge on any atom is 0.0366 e. The quantitative estimate of drug-likeness (QED) is 0.444. The van der Waals surface area contributed by atoms with Crippen LogP contribution in [0.3, 0.4) is 0 Å². The van der Waals surface area contributed by atoms with Gasteiger partial charge >= 0.3 is 0 Å². The van der Waals surface area contributed by atoms with Gasteiger partial charge in [0.15, 0.2) is 0 Å². The van der Waals surface area contributed by atoms with E-state index in [4.69, 9.17) is 0 Å². The van der Waals surface area contributed by atoms with Gasteiger partial charge in [-0.2, -0.15) is 0 Å². The largest absolute Gasteiger partial charge is 0.0612 e. The number of rotatable bonds is 2. The lowest BCUT2D eigenvalue weighted by Crippen LogP contribution is -1.98. The molecule has 0 aromatic heterocycles. The second-order valence-corrected chi connectivity index (χ2v) is 6.83. The van der Waals surface area contributed by atoms with Crippen molar-refractivity contribution < 1.29 is 0 Å². The van der Waals surface area contributed by atoms with E-state index in [1.807, 2.05) is 0 Å². The van der Waals surface area contributed by atoms with Crippen molar-refractivity contribution in [1.82, 2.24) is 0 Å². The summed E-state index contributed by atoms with van der Waals surface area (Å²) in [6, 6.07) is 0. The minimum absolute atomic E-state index is 0.479. The molecule has 0 radical (unpaired) electrons. The van der Waals surface area contributed by atoms with Gasteiger partial charge in [-0.1, -0.05) is 20.8 Å². The van der Waals surface area contributed by atoms with Crippen LogP contribution < -0.4 is 0 Å². The fourth-order valence-corrected chi connectivity index (χ4v) is 5.22.